The van der Waals surface area contributed by atoms with E-state index in [1.165, 1.54) is 30.5 Å². The maximum atomic E-state index is 12.7. The molecule has 0 spiro atoms. The molecule has 36 heavy (non-hydrogen) atoms. The lowest BCUT2D eigenvalue weighted by atomic mass is 10.1. The van der Waals surface area contributed by atoms with Gasteiger partial charge in [-0.15, -0.1) is 0 Å². The summed E-state index contributed by atoms with van der Waals surface area (Å²) in [5.41, 5.74) is 0.341. The summed E-state index contributed by atoms with van der Waals surface area (Å²) >= 11 is 12.4. The molecule has 0 bridgehead atoms. The SMILES string of the molecule is O=C(C=Cc1ccco1)NCc1cc(Cl)c(C(=O)N[C@@H](CNC(=O)[C@@H]2CCC(=O)N2)C(=O)O)c(Cl)c1. The van der Waals surface area contributed by atoms with E-state index >= 15 is 0 Å². The van der Waals surface area contributed by atoms with Gasteiger partial charge < -0.3 is 30.8 Å². The van der Waals surface area contributed by atoms with Crippen molar-refractivity contribution in [3.8, 4) is 0 Å². The van der Waals surface area contributed by atoms with Crippen molar-refractivity contribution in [2.75, 3.05) is 6.54 Å². The number of hydrogen-bond donors (Lipinski definition) is 5. The topological polar surface area (TPSA) is 167 Å². The van der Waals surface area contributed by atoms with E-state index in [0.717, 1.165) is 0 Å². The first-order valence-corrected chi connectivity index (χ1v) is 11.5. The molecule has 190 valence electrons. The van der Waals surface area contributed by atoms with E-state index in [0.29, 0.717) is 17.7 Å². The van der Waals surface area contributed by atoms with E-state index in [2.05, 4.69) is 21.3 Å². The second kappa shape index (κ2) is 12.2. The number of amides is 4. The summed E-state index contributed by atoms with van der Waals surface area (Å²) in [6.07, 6.45) is 4.76. The summed E-state index contributed by atoms with van der Waals surface area (Å²) in [5.74, 6) is -2.97. The Hall–Kier alpha value is -3.83. The van der Waals surface area contributed by atoms with E-state index in [-0.39, 0.29) is 34.5 Å². The minimum atomic E-state index is -1.48. The summed E-state index contributed by atoms with van der Waals surface area (Å²) in [6, 6.07) is 3.97. The van der Waals surface area contributed by atoms with Crippen LogP contribution >= 0.6 is 23.2 Å². The number of carbonyl (C=O) groups is 5. The third-order valence-corrected chi connectivity index (χ3v) is 5.73. The Balaban J connectivity index is 1.58. The second-order valence-corrected chi connectivity index (χ2v) is 8.58. The Morgan fingerprint density at radius 3 is 2.50 bits per heavy atom. The minimum Gasteiger partial charge on any atom is -0.480 e. The molecule has 13 heteroatoms. The van der Waals surface area contributed by atoms with Gasteiger partial charge in [0, 0.05) is 25.6 Å². The molecule has 1 fully saturated rings. The van der Waals surface area contributed by atoms with Gasteiger partial charge in [0.25, 0.3) is 5.91 Å². The lowest BCUT2D eigenvalue weighted by Gasteiger charge is -2.18. The molecule has 11 nitrogen and oxygen atoms in total. The molecule has 0 saturated carbocycles. The van der Waals surface area contributed by atoms with E-state index in [9.17, 15) is 29.1 Å². The summed E-state index contributed by atoms with van der Waals surface area (Å²) in [4.78, 5) is 59.7. The number of rotatable bonds is 10. The van der Waals surface area contributed by atoms with Crippen LogP contribution in [0.3, 0.4) is 0 Å². The predicted octanol–water partition coefficient (Wildman–Crippen LogP) is 1.49. The van der Waals surface area contributed by atoms with Crippen LogP contribution in [0.15, 0.2) is 41.0 Å². The molecule has 1 aliphatic rings. The fourth-order valence-electron chi connectivity index (χ4n) is 3.30. The highest BCUT2D eigenvalue weighted by atomic mass is 35.5. The lowest BCUT2D eigenvalue weighted by molar-refractivity contribution is -0.139. The summed E-state index contributed by atoms with van der Waals surface area (Å²) in [6.45, 7) is -0.360. The summed E-state index contributed by atoms with van der Waals surface area (Å²) in [7, 11) is 0. The first-order valence-electron chi connectivity index (χ1n) is 10.7. The Morgan fingerprint density at radius 2 is 1.92 bits per heavy atom. The smallest absolute Gasteiger partial charge is 0.328 e. The number of halogens is 2. The van der Waals surface area contributed by atoms with Crippen molar-refractivity contribution < 1.29 is 33.5 Å². The van der Waals surface area contributed by atoms with Gasteiger partial charge in [-0.25, -0.2) is 4.79 Å². The van der Waals surface area contributed by atoms with E-state index < -0.39 is 42.3 Å². The molecule has 3 rings (SSSR count). The number of carboxylic acids is 1. The molecule has 1 saturated heterocycles. The fraction of sp³-hybridized carbons (Fsp3) is 0.261. The molecule has 0 aliphatic carbocycles. The number of carbonyl (C=O) groups excluding carboxylic acids is 4. The fourth-order valence-corrected chi connectivity index (χ4v) is 4.01. The molecule has 2 heterocycles. The highest BCUT2D eigenvalue weighted by Gasteiger charge is 2.29. The van der Waals surface area contributed by atoms with Crippen LogP contribution in [0.5, 0.6) is 0 Å². The van der Waals surface area contributed by atoms with Gasteiger partial charge in [0.05, 0.1) is 21.9 Å². The number of nitrogens with one attached hydrogen (secondary N) is 4. The Morgan fingerprint density at radius 1 is 1.19 bits per heavy atom. The number of furan rings is 1. The summed E-state index contributed by atoms with van der Waals surface area (Å²) in [5, 5.41) is 19.1. The third kappa shape index (κ3) is 7.33. The van der Waals surface area contributed by atoms with E-state index in [1.54, 1.807) is 12.1 Å². The zero-order chi connectivity index (χ0) is 26.2. The van der Waals surface area contributed by atoms with Crippen molar-refractivity contribution >= 4 is 58.9 Å². The number of benzene rings is 1. The lowest BCUT2D eigenvalue weighted by Crippen LogP contribution is -2.51. The van der Waals surface area contributed by atoms with Gasteiger partial charge in [-0.1, -0.05) is 23.2 Å². The maximum absolute atomic E-state index is 12.7. The highest BCUT2D eigenvalue weighted by Crippen LogP contribution is 2.27. The van der Waals surface area contributed by atoms with Crippen molar-refractivity contribution in [3.63, 3.8) is 0 Å². The van der Waals surface area contributed by atoms with E-state index in [4.69, 9.17) is 27.6 Å². The molecule has 0 radical (unpaired) electrons. The standard InChI is InChI=1S/C23H22Cl2N4O7/c24-14-8-12(10-26-18(30)5-3-13-2-1-7-36-13)9-15(25)20(14)22(33)29-17(23(34)35)11-27-21(32)16-4-6-19(31)28-16/h1-3,5,7-9,16-17H,4,6,10-11H2,(H,26,30)(H,27,32)(H,28,31)(H,29,33)(H,34,35)/t16-,17-/m0/s1. The molecule has 1 aromatic heterocycles. The van der Waals surface area contributed by atoms with Crippen LogP contribution in [-0.2, 0) is 25.7 Å². The molecular weight excluding hydrogens is 515 g/mol. The zero-order valence-corrected chi connectivity index (χ0v) is 20.2. The van der Waals surface area contributed by atoms with Crippen LogP contribution in [0.4, 0.5) is 0 Å². The Bertz CT molecular complexity index is 1170. The largest absolute Gasteiger partial charge is 0.480 e. The van der Waals surface area contributed by atoms with Gasteiger partial charge in [-0.05, 0) is 42.3 Å². The molecular formula is C23H22Cl2N4O7. The minimum absolute atomic E-state index is 0.0581. The molecule has 2 atom stereocenters. The highest BCUT2D eigenvalue weighted by molar-refractivity contribution is 6.39. The van der Waals surface area contributed by atoms with Crippen LogP contribution in [0, 0.1) is 0 Å². The van der Waals surface area contributed by atoms with Gasteiger partial charge in [0.2, 0.25) is 17.7 Å². The Kier molecular flexibility index (Phi) is 9.09. The third-order valence-electron chi connectivity index (χ3n) is 5.13. The van der Waals surface area contributed by atoms with Gasteiger partial charge in [0.15, 0.2) is 0 Å². The van der Waals surface area contributed by atoms with Crippen molar-refractivity contribution in [2.45, 2.75) is 31.5 Å². The average molecular weight is 537 g/mol. The van der Waals surface area contributed by atoms with Crippen LogP contribution in [-0.4, -0.2) is 53.3 Å². The molecule has 1 aromatic carbocycles. The van der Waals surface area contributed by atoms with Crippen LogP contribution in [0.25, 0.3) is 6.08 Å². The molecule has 1 aliphatic heterocycles. The normalized spacial score (nSPS) is 15.8. The second-order valence-electron chi connectivity index (χ2n) is 7.77. The first-order chi connectivity index (χ1) is 17.1. The summed E-state index contributed by atoms with van der Waals surface area (Å²) < 4.78 is 5.10. The first kappa shape index (κ1) is 26.8. The molecule has 0 unspecified atom stereocenters. The van der Waals surface area contributed by atoms with Crippen molar-refractivity contribution in [3.05, 3.63) is 63.5 Å². The number of aliphatic carboxylic acids is 1. The van der Waals surface area contributed by atoms with Crippen LogP contribution in [0.1, 0.15) is 34.5 Å². The molecule has 2 aromatic rings. The quantitative estimate of drug-likeness (QED) is 0.286. The van der Waals surface area contributed by atoms with Crippen molar-refractivity contribution in [2.24, 2.45) is 0 Å². The number of hydrogen-bond acceptors (Lipinski definition) is 6. The van der Waals surface area contributed by atoms with Gasteiger partial charge >= 0.3 is 5.97 Å². The average Bonchev–Trinajstić information content (AvgIpc) is 3.50. The van der Waals surface area contributed by atoms with Gasteiger partial charge in [-0.2, -0.15) is 0 Å². The zero-order valence-electron chi connectivity index (χ0n) is 18.7. The van der Waals surface area contributed by atoms with Gasteiger partial charge in [-0.3, -0.25) is 19.2 Å². The molecule has 4 amide bonds. The number of carboxylic acid groups (broad SMARTS) is 1. The van der Waals surface area contributed by atoms with Crippen LogP contribution in [0.2, 0.25) is 10.0 Å². The van der Waals surface area contributed by atoms with Crippen LogP contribution < -0.4 is 21.3 Å². The van der Waals surface area contributed by atoms with Crippen molar-refractivity contribution in [1.82, 2.24) is 21.3 Å². The maximum Gasteiger partial charge on any atom is 0.328 e. The monoisotopic (exact) mass is 536 g/mol. The Labute approximate surface area is 215 Å². The van der Waals surface area contributed by atoms with Gasteiger partial charge in [0.1, 0.15) is 17.8 Å². The predicted molar refractivity (Wildman–Crippen MR) is 129 cm³/mol. The van der Waals surface area contributed by atoms with Crippen molar-refractivity contribution in [1.29, 1.82) is 0 Å². The van der Waals surface area contributed by atoms with E-state index in [1.807, 2.05) is 0 Å². The molecule has 5 N–H and O–H groups in total.